The molecule has 0 saturated carbocycles. The highest BCUT2D eigenvalue weighted by molar-refractivity contribution is 5.87. The quantitative estimate of drug-likeness (QED) is 0.670. The van der Waals surface area contributed by atoms with Crippen LogP contribution in [-0.4, -0.2) is 21.0 Å². The fraction of sp³-hybridized carbons (Fsp3) is 0.0769. The predicted molar refractivity (Wildman–Crippen MR) is 68.6 cm³/mol. The van der Waals surface area contributed by atoms with Crippen molar-refractivity contribution >= 4 is 11.7 Å². The average molecular weight is 292 g/mol. The SMILES string of the molecule is O=C(O)c1cncc(OCc2cccc([N+](=O)[O-])c2F)c1. The molecular formula is C13H9FN2O5. The maximum absolute atomic E-state index is 13.8. The molecule has 1 N–H and O–H groups in total. The fourth-order valence-electron chi connectivity index (χ4n) is 1.59. The van der Waals surface area contributed by atoms with E-state index in [1.165, 1.54) is 24.4 Å². The molecule has 108 valence electrons. The number of hydrogen-bond acceptors (Lipinski definition) is 5. The van der Waals surface area contributed by atoms with Gasteiger partial charge in [-0.2, -0.15) is 4.39 Å². The first kappa shape index (κ1) is 14.4. The maximum Gasteiger partial charge on any atom is 0.337 e. The molecule has 2 aromatic rings. The van der Waals surface area contributed by atoms with Crippen LogP contribution in [-0.2, 0) is 6.61 Å². The van der Waals surface area contributed by atoms with E-state index in [0.29, 0.717) is 0 Å². The number of rotatable bonds is 5. The van der Waals surface area contributed by atoms with Crippen LogP contribution in [0.4, 0.5) is 10.1 Å². The number of ether oxygens (including phenoxy) is 1. The highest BCUT2D eigenvalue weighted by atomic mass is 19.1. The minimum Gasteiger partial charge on any atom is -0.487 e. The number of benzene rings is 1. The second kappa shape index (κ2) is 5.95. The van der Waals surface area contributed by atoms with Crippen molar-refractivity contribution in [1.29, 1.82) is 0 Å². The van der Waals surface area contributed by atoms with E-state index in [4.69, 9.17) is 9.84 Å². The van der Waals surface area contributed by atoms with Gasteiger partial charge in [-0.3, -0.25) is 15.1 Å². The molecule has 1 heterocycles. The van der Waals surface area contributed by atoms with Gasteiger partial charge in [0.1, 0.15) is 12.4 Å². The lowest BCUT2D eigenvalue weighted by molar-refractivity contribution is -0.387. The molecule has 1 aromatic carbocycles. The van der Waals surface area contributed by atoms with Gasteiger partial charge in [-0.05, 0) is 6.07 Å². The van der Waals surface area contributed by atoms with Crippen molar-refractivity contribution in [1.82, 2.24) is 4.98 Å². The van der Waals surface area contributed by atoms with E-state index < -0.39 is 22.4 Å². The van der Waals surface area contributed by atoms with Crippen LogP contribution in [0.3, 0.4) is 0 Å². The van der Waals surface area contributed by atoms with Crippen LogP contribution in [0.1, 0.15) is 15.9 Å². The van der Waals surface area contributed by atoms with E-state index in [2.05, 4.69) is 4.98 Å². The van der Waals surface area contributed by atoms with E-state index in [0.717, 1.165) is 12.3 Å². The maximum atomic E-state index is 13.8. The molecule has 21 heavy (non-hydrogen) atoms. The van der Waals surface area contributed by atoms with Gasteiger partial charge < -0.3 is 9.84 Å². The fourth-order valence-corrected chi connectivity index (χ4v) is 1.59. The first-order valence-electron chi connectivity index (χ1n) is 5.72. The van der Waals surface area contributed by atoms with Crippen molar-refractivity contribution in [2.75, 3.05) is 0 Å². The zero-order valence-corrected chi connectivity index (χ0v) is 10.5. The van der Waals surface area contributed by atoms with Crippen molar-refractivity contribution in [3.05, 3.63) is 63.7 Å². The lowest BCUT2D eigenvalue weighted by Crippen LogP contribution is -2.03. The molecule has 2 rings (SSSR count). The standard InChI is InChI=1S/C13H9FN2O5/c14-12-8(2-1-3-11(12)16(19)20)7-21-10-4-9(13(17)18)5-15-6-10/h1-6H,7H2,(H,17,18). The number of nitrogens with zero attached hydrogens (tertiary/aromatic N) is 2. The third-order valence-corrected chi connectivity index (χ3v) is 2.61. The van der Waals surface area contributed by atoms with Gasteiger partial charge in [0.2, 0.25) is 5.82 Å². The Morgan fingerprint density at radius 1 is 1.43 bits per heavy atom. The third-order valence-electron chi connectivity index (χ3n) is 2.61. The average Bonchev–Trinajstić information content (AvgIpc) is 2.46. The number of hydrogen-bond donors (Lipinski definition) is 1. The number of carboxylic acid groups (broad SMARTS) is 1. The number of pyridine rings is 1. The Hall–Kier alpha value is -3.03. The Kier molecular flexibility index (Phi) is 4.07. The zero-order chi connectivity index (χ0) is 15.4. The third kappa shape index (κ3) is 3.30. The van der Waals surface area contributed by atoms with Gasteiger partial charge in [0, 0.05) is 17.8 Å². The van der Waals surface area contributed by atoms with Crippen LogP contribution in [0.15, 0.2) is 36.7 Å². The van der Waals surface area contributed by atoms with E-state index >= 15 is 0 Å². The van der Waals surface area contributed by atoms with Crippen molar-refractivity contribution in [3.8, 4) is 5.75 Å². The van der Waals surface area contributed by atoms with Gasteiger partial charge >= 0.3 is 11.7 Å². The molecule has 1 aromatic heterocycles. The number of carbonyl (C=O) groups is 1. The van der Waals surface area contributed by atoms with Crippen LogP contribution in [0, 0.1) is 15.9 Å². The van der Waals surface area contributed by atoms with Crippen LogP contribution < -0.4 is 4.74 Å². The Bertz CT molecular complexity index is 705. The topological polar surface area (TPSA) is 103 Å². The number of halogens is 1. The van der Waals surface area contributed by atoms with Crippen LogP contribution in [0.2, 0.25) is 0 Å². The first-order valence-corrected chi connectivity index (χ1v) is 5.72. The summed E-state index contributed by atoms with van der Waals surface area (Å²) in [6.45, 7) is -0.279. The molecule has 8 heteroatoms. The van der Waals surface area contributed by atoms with Crippen molar-refractivity contribution < 1.29 is 24.0 Å². The number of aromatic nitrogens is 1. The number of carboxylic acids is 1. The molecule has 0 radical (unpaired) electrons. The number of nitro benzene ring substituents is 1. The van der Waals surface area contributed by atoms with Crippen molar-refractivity contribution in [3.63, 3.8) is 0 Å². The van der Waals surface area contributed by atoms with E-state index in [1.807, 2.05) is 0 Å². The Balaban J connectivity index is 2.17. The first-order chi connectivity index (χ1) is 9.99. The van der Waals surface area contributed by atoms with Gasteiger partial charge in [-0.25, -0.2) is 4.79 Å². The summed E-state index contributed by atoms with van der Waals surface area (Å²) >= 11 is 0. The summed E-state index contributed by atoms with van der Waals surface area (Å²) in [5, 5.41) is 19.4. The molecule has 0 unspecified atom stereocenters. The van der Waals surface area contributed by atoms with Crippen molar-refractivity contribution in [2.45, 2.75) is 6.61 Å². The molecule has 7 nitrogen and oxygen atoms in total. The van der Waals surface area contributed by atoms with Gasteiger partial charge in [0.05, 0.1) is 16.7 Å². The Morgan fingerprint density at radius 3 is 2.86 bits per heavy atom. The summed E-state index contributed by atoms with van der Waals surface area (Å²) in [6, 6.07) is 4.96. The lowest BCUT2D eigenvalue weighted by Gasteiger charge is -2.07. The van der Waals surface area contributed by atoms with E-state index in [9.17, 15) is 19.3 Å². The smallest absolute Gasteiger partial charge is 0.337 e. The summed E-state index contributed by atoms with van der Waals surface area (Å²) in [4.78, 5) is 24.2. The van der Waals surface area contributed by atoms with Gasteiger partial charge in [-0.1, -0.05) is 12.1 Å². The molecule has 0 aliphatic rings. The second-order valence-corrected chi connectivity index (χ2v) is 4.01. The van der Waals surface area contributed by atoms with Crippen LogP contribution >= 0.6 is 0 Å². The summed E-state index contributed by atoms with van der Waals surface area (Å²) in [6.07, 6.45) is 2.41. The minimum absolute atomic E-state index is 0.00933. The van der Waals surface area contributed by atoms with Gasteiger partial charge in [0.15, 0.2) is 0 Å². The monoisotopic (exact) mass is 292 g/mol. The second-order valence-electron chi connectivity index (χ2n) is 4.01. The normalized spacial score (nSPS) is 10.1. The Labute approximate surface area is 117 Å². The van der Waals surface area contributed by atoms with Crippen molar-refractivity contribution in [2.24, 2.45) is 0 Å². The molecule has 0 aliphatic carbocycles. The summed E-state index contributed by atoms with van der Waals surface area (Å²) < 4.78 is 19.0. The summed E-state index contributed by atoms with van der Waals surface area (Å²) in [5.74, 6) is -2.03. The molecule has 0 saturated heterocycles. The largest absolute Gasteiger partial charge is 0.487 e. The number of aromatic carboxylic acids is 1. The lowest BCUT2D eigenvalue weighted by atomic mass is 10.2. The Morgan fingerprint density at radius 2 is 2.19 bits per heavy atom. The van der Waals surface area contributed by atoms with Crippen LogP contribution in [0.5, 0.6) is 5.75 Å². The molecule has 0 atom stereocenters. The van der Waals surface area contributed by atoms with Gasteiger partial charge in [0.25, 0.3) is 0 Å². The molecule has 0 aliphatic heterocycles. The highest BCUT2D eigenvalue weighted by Gasteiger charge is 2.17. The van der Waals surface area contributed by atoms with Gasteiger partial charge in [-0.15, -0.1) is 0 Å². The molecule has 0 amide bonds. The van der Waals surface area contributed by atoms with E-state index in [-0.39, 0.29) is 23.5 Å². The predicted octanol–water partition coefficient (Wildman–Crippen LogP) is 2.41. The zero-order valence-electron chi connectivity index (χ0n) is 10.5. The molecular weight excluding hydrogens is 283 g/mol. The van der Waals surface area contributed by atoms with E-state index in [1.54, 1.807) is 0 Å². The summed E-state index contributed by atoms with van der Waals surface area (Å²) in [7, 11) is 0. The number of nitro groups is 1. The van der Waals surface area contributed by atoms with Crippen LogP contribution in [0.25, 0.3) is 0 Å². The summed E-state index contributed by atoms with van der Waals surface area (Å²) in [5.41, 5.74) is -0.731. The molecule has 0 spiro atoms. The molecule has 0 fully saturated rings. The highest BCUT2D eigenvalue weighted by Crippen LogP contribution is 2.21. The molecule has 0 bridgehead atoms. The minimum atomic E-state index is -1.17.